The van der Waals surface area contributed by atoms with E-state index < -0.39 is 17.8 Å². The zero-order valence-corrected chi connectivity index (χ0v) is 16.4. The van der Waals surface area contributed by atoms with Crippen LogP contribution in [-0.4, -0.2) is 71.3 Å². The summed E-state index contributed by atoms with van der Waals surface area (Å²) in [7, 11) is 0. The van der Waals surface area contributed by atoms with Gasteiger partial charge in [-0.15, -0.1) is 5.06 Å². The maximum atomic E-state index is 12.3. The lowest BCUT2D eigenvalue weighted by Crippen LogP contribution is -2.46. The minimum absolute atomic E-state index is 0.0194. The van der Waals surface area contributed by atoms with Crippen molar-refractivity contribution in [2.75, 3.05) is 19.6 Å². The predicted octanol–water partition coefficient (Wildman–Crippen LogP) is -0.521. The van der Waals surface area contributed by atoms with Crippen LogP contribution in [0.4, 0.5) is 0 Å². The maximum absolute atomic E-state index is 12.3. The molecule has 1 atom stereocenters. The van der Waals surface area contributed by atoms with Gasteiger partial charge in [-0.1, -0.05) is 0 Å². The minimum atomic E-state index is -0.771. The molecule has 2 rings (SSSR count). The molecule has 28 heavy (non-hydrogen) atoms. The van der Waals surface area contributed by atoms with Gasteiger partial charge in [-0.3, -0.25) is 24.1 Å². The zero-order valence-electron chi connectivity index (χ0n) is 16.4. The molecule has 156 valence electrons. The highest BCUT2D eigenvalue weighted by Gasteiger charge is 2.33. The number of rotatable bonds is 9. The molecule has 10 heteroatoms. The SMILES string of the molecule is [13CH3]C([13CH3])[15N]1[13CH2][13CH2][13CH2][13CH]1C(=O)NCC[13C](=O)[15NH]CCC(=O)ON1C(=O)CCC1=O. The number of imide groups is 1. The van der Waals surface area contributed by atoms with Gasteiger partial charge < -0.3 is 15.5 Å². The van der Waals surface area contributed by atoms with Gasteiger partial charge in [0.2, 0.25) is 11.8 Å². The number of carbonyl (C=O) groups excluding carboxylic acids is 5. The number of amides is 4. The highest BCUT2D eigenvalue weighted by molar-refractivity contribution is 6.01. The fourth-order valence-electron chi connectivity index (χ4n) is 3.30. The lowest BCUT2D eigenvalue weighted by atomic mass is 10.4. The molecule has 0 saturated carbocycles. The van der Waals surface area contributed by atoms with Crippen molar-refractivity contribution in [2.24, 2.45) is 0 Å². The normalized spacial score (nSPS) is 20.0. The van der Waals surface area contributed by atoms with Crippen molar-refractivity contribution in [2.45, 2.75) is 64.5 Å². The third kappa shape index (κ3) is 6.01. The number of nitrogens with zero attached hydrogens (tertiary/aromatic N) is 2. The summed E-state index contributed by atoms with van der Waals surface area (Å²) in [5.41, 5.74) is 0. The molecule has 2 aliphatic rings. The molecule has 0 bridgehead atoms. The second-order valence-electron chi connectivity index (χ2n) is 7.18. The number of likely N-dealkylation sites (tertiary alicyclic amines) is 1. The first-order valence-electron chi connectivity index (χ1n) is 9.66. The number of hydroxylamine groups is 2. The Morgan fingerprint density at radius 3 is 2.36 bits per heavy atom. The highest BCUT2D eigenvalue weighted by Crippen LogP contribution is 2.19. The topological polar surface area (TPSA) is 125 Å². The Hall–Kier alpha value is -2.49. The van der Waals surface area contributed by atoms with E-state index in [0.29, 0.717) is 11.1 Å². The number of hydrogen-bond acceptors (Lipinski definition) is 7. The van der Waals surface area contributed by atoms with Gasteiger partial charge in [-0.25, -0.2) is 4.79 Å². The van der Waals surface area contributed by atoms with E-state index in [9.17, 15) is 24.0 Å². The van der Waals surface area contributed by atoms with Crippen molar-refractivity contribution in [1.29, 1.82) is 0 Å². The maximum Gasteiger partial charge on any atom is 0.334 e. The molecule has 2 heterocycles. The molecule has 0 aliphatic carbocycles. The number of hydrogen-bond donors (Lipinski definition) is 2. The average Bonchev–Trinajstić information content (AvgIpc) is 3.24. The first kappa shape index (κ1) is 21.8. The van der Waals surface area contributed by atoms with Crippen LogP contribution in [0, 0.1) is 0 Å². The molecule has 0 spiro atoms. The summed E-state index contributed by atoms with van der Waals surface area (Å²) in [6, 6.07) is 0.154. The van der Waals surface area contributed by atoms with Gasteiger partial charge in [0.25, 0.3) is 11.8 Å². The summed E-state index contributed by atoms with van der Waals surface area (Å²) in [4.78, 5) is 65.2. The monoisotopic (exact) mass is 405 g/mol. The van der Waals surface area contributed by atoms with Crippen molar-refractivity contribution in [3.05, 3.63) is 0 Å². The van der Waals surface area contributed by atoms with E-state index >= 15 is 0 Å². The molecule has 4 amide bonds. The molecule has 0 aromatic rings. The quantitative estimate of drug-likeness (QED) is 0.300. The largest absolute Gasteiger partial charge is 0.355 e. The van der Waals surface area contributed by atoms with Gasteiger partial charge in [0.1, 0.15) is 0 Å². The number of nitrogens with one attached hydrogen (secondary N) is 2. The molecule has 2 fully saturated rings. The Morgan fingerprint density at radius 1 is 1.07 bits per heavy atom. The molecule has 0 aromatic heterocycles. The summed E-state index contributed by atoms with van der Waals surface area (Å²) in [6.07, 6.45) is 1.80. The van der Waals surface area contributed by atoms with Crippen LogP contribution in [0.15, 0.2) is 0 Å². The van der Waals surface area contributed by atoms with E-state index in [1.165, 1.54) is 0 Å². The summed E-state index contributed by atoms with van der Waals surface area (Å²) in [6.45, 7) is 5.25. The smallest absolute Gasteiger partial charge is 0.334 e. The van der Waals surface area contributed by atoms with E-state index in [1.807, 2.05) is 0 Å². The Balaban J connectivity index is 1.58. The molecule has 0 aromatic carbocycles. The Morgan fingerprint density at radius 2 is 1.71 bits per heavy atom. The fraction of sp³-hybridized carbons (Fsp3) is 0.722. The second kappa shape index (κ2) is 10.2. The van der Waals surface area contributed by atoms with Gasteiger partial charge in [-0.05, 0) is 33.2 Å². The summed E-state index contributed by atoms with van der Waals surface area (Å²) >= 11 is 0. The van der Waals surface area contributed by atoms with Gasteiger partial charge in [-0.2, -0.15) is 0 Å². The lowest BCUT2D eigenvalue weighted by Gasteiger charge is -2.27. The van der Waals surface area contributed by atoms with E-state index in [-0.39, 0.29) is 56.6 Å². The second-order valence-corrected chi connectivity index (χ2v) is 7.18. The van der Waals surface area contributed by atoms with E-state index in [0.717, 1.165) is 19.4 Å². The molecule has 1 unspecified atom stereocenters. The van der Waals surface area contributed by atoms with Gasteiger partial charge in [0, 0.05) is 38.4 Å². The lowest BCUT2D eigenvalue weighted by molar-refractivity contribution is -0.197. The van der Waals surface area contributed by atoms with Crippen molar-refractivity contribution in [1.82, 2.24) is 20.6 Å². The predicted molar refractivity (Wildman–Crippen MR) is 97.3 cm³/mol. The summed E-state index contributed by atoms with van der Waals surface area (Å²) < 4.78 is 0. The van der Waals surface area contributed by atoms with Crippen LogP contribution in [0.2, 0.25) is 0 Å². The zero-order chi connectivity index (χ0) is 20.7. The number of carbonyl (C=O) groups is 5. The van der Waals surface area contributed by atoms with E-state index in [1.54, 1.807) is 0 Å². The van der Waals surface area contributed by atoms with Gasteiger partial charge >= 0.3 is 5.97 Å². The van der Waals surface area contributed by atoms with E-state index in [2.05, 4.69) is 29.4 Å². The molecular formula is C18H28N4O6. The molecule has 2 N–H and O–H groups in total. The van der Waals surface area contributed by atoms with Crippen molar-refractivity contribution < 1.29 is 28.8 Å². The van der Waals surface area contributed by atoms with Crippen molar-refractivity contribution >= 4 is 29.6 Å². The van der Waals surface area contributed by atoms with Crippen LogP contribution >= 0.6 is 0 Å². The first-order chi connectivity index (χ1) is 13.3. The van der Waals surface area contributed by atoms with Crippen molar-refractivity contribution in [3.8, 4) is 0 Å². The molecule has 2 saturated heterocycles. The first-order valence-corrected chi connectivity index (χ1v) is 9.66. The summed E-state index contributed by atoms with van der Waals surface area (Å²) in [5, 5.41) is 5.80. The van der Waals surface area contributed by atoms with Crippen LogP contribution in [0.1, 0.15) is 52.4 Å². The molecular weight excluding hydrogens is 377 g/mol. The van der Waals surface area contributed by atoms with Gasteiger partial charge in [0.15, 0.2) is 0 Å². The van der Waals surface area contributed by atoms with Crippen LogP contribution in [0.3, 0.4) is 0 Å². The van der Waals surface area contributed by atoms with E-state index in [4.69, 9.17) is 4.84 Å². The Labute approximate surface area is 163 Å². The molecule has 10 nitrogen and oxygen atoms in total. The van der Waals surface area contributed by atoms with Crippen LogP contribution in [0.5, 0.6) is 0 Å². The Kier molecular flexibility index (Phi) is 7.91. The molecule has 2 aliphatic heterocycles. The fourth-order valence-corrected chi connectivity index (χ4v) is 3.30. The highest BCUT2D eigenvalue weighted by atomic mass is 16.7. The third-order valence-corrected chi connectivity index (χ3v) is 4.76. The standard InChI is InChI=1S/C18H28N4O6/c1-12(2)21-11-3-4-13(21)18(27)20-9-7-14(23)19-10-8-17(26)28-22-15(24)5-6-16(22)25/h12-13H,3-11H2,1-2H3,(H,19,23)(H,20,27)/i1+1,2+1,3+1,4+1,11+1,13+1,14+1,19+1,21+1. The average molecular weight is 405 g/mol. The van der Waals surface area contributed by atoms with Crippen molar-refractivity contribution in [3.63, 3.8) is 0 Å². The Bertz CT molecular complexity index is 620. The van der Waals surface area contributed by atoms with Gasteiger partial charge in [0.05, 0.1) is 12.5 Å². The third-order valence-electron chi connectivity index (χ3n) is 4.76. The van der Waals surface area contributed by atoms with Crippen LogP contribution < -0.4 is 10.6 Å². The summed E-state index contributed by atoms with van der Waals surface area (Å²) in [5.74, 6) is -2.24. The minimum Gasteiger partial charge on any atom is -0.355 e. The van der Waals surface area contributed by atoms with Crippen LogP contribution in [-0.2, 0) is 28.8 Å². The molecule has 0 radical (unpaired) electrons. The van der Waals surface area contributed by atoms with Crippen LogP contribution in [0.25, 0.3) is 0 Å².